The summed E-state index contributed by atoms with van der Waals surface area (Å²) in [6.45, 7) is 8.20. The average molecular weight is 498 g/mol. The number of anilines is 3. The predicted octanol–water partition coefficient (Wildman–Crippen LogP) is 3.78. The van der Waals surface area contributed by atoms with Gasteiger partial charge in [-0.1, -0.05) is 30.3 Å². The van der Waals surface area contributed by atoms with Gasteiger partial charge in [-0.05, 0) is 37.3 Å². The van der Waals surface area contributed by atoms with E-state index in [0.717, 1.165) is 65.6 Å². The minimum Gasteiger partial charge on any atom is -0.450 e. The van der Waals surface area contributed by atoms with E-state index in [1.165, 1.54) is 0 Å². The van der Waals surface area contributed by atoms with E-state index in [2.05, 4.69) is 39.0 Å². The van der Waals surface area contributed by atoms with Crippen molar-refractivity contribution in [2.45, 2.75) is 6.92 Å². The highest BCUT2D eigenvalue weighted by molar-refractivity contribution is 5.82. The first-order chi connectivity index (χ1) is 18.2. The molecule has 37 heavy (non-hydrogen) atoms. The van der Waals surface area contributed by atoms with Gasteiger partial charge in [0.25, 0.3) is 0 Å². The van der Waals surface area contributed by atoms with E-state index in [-0.39, 0.29) is 6.09 Å². The van der Waals surface area contributed by atoms with Crippen LogP contribution in [0.1, 0.15) is 6.92 Å². The van der Waals surface area contributed by atoms with Gasteiger partial charge in [0.15, 0.2) is 11.6 Å². The Labute approximate surface area is 216 Å². The molecule has 6 rings (SSSR count). The maximum atomic E-state index is 12.2. The van der Waals surface area contributed by atoms with Gasteiger partial charge in [0.1, 0.15) is 5.82 Å². The lowest BCUT2D eigenvalue weighted by Crippen LogP contribution is -2.51. The number of benzene rings is 2. The van der Waals surface area contributed by atoms with Crippen LogP contribution in [0.25, 0.3) is 21.9 Å². The Morgan fingerprint density at radius 1 is 0.676 bits per heavy atom. The summed E-state index contributed by atoms with van der Waals surface area (Å²) in [7, 11) is 0. The number of carbonyl (C=O) groups is 1. The Balaban J connectivity index is 1.22. The van der Waals surface area contributed by atoms with Gasteiger partial charge < -0.3 is 24.3 Å². The van der Waals surface area contributed by atoms with Crippen molar-refractivity contribution in [1.29, 1.82) is 0 Å². The molecular weight excluding hydrogens is 466 g/mol. The number of ether oxygens (including phenoxy) is 1. The van der Waals surface area contributed by atoms with Crippen LogP contribution in [-0.2, 0) is 4.74 Å². The molecule has 190 valence electrons. The van der Waals surface area contributed by atoms with Crippen LogP contribution in [0.15, 0.2) is 60.7 Å². The Morgan fingerprint density at radius 3 is 1.84 bits per heavy atom. The number of nitrogens with zero attached hydrogens (tertiary/aromatic N) is 7. The minimum atomic E-state index is -0.245. The summed E-state index contributed by atoms with van der Waals surface area (Å²) >= 11 is 0. The van der Waals surface area contributed by atoms with Crippen LogP contribution in [0.2, 0.25) is 0 Å². The molecule has 0 spiro atoms. The monoisotopic (exact) mass is 497 g/mol. The molecule has 0 aliphatic carbocycles. The van der Waals surface area contributed by atoms with E-state index in [4.69, 9.17) is 19.7 Å². The maximum absolute atomic E-state index is 12.2. The van der Waals surface area contributed by atoms with Crippen molar-refractivity contribution < 1.29 is 9.53 Å². The lowest BCUT2D eigenvalue weighted by Gasteiger charge is -2.39. The van der Waals surface area contributed by atoms with Crippen molar-refractivity contribution >= 4 is 45.5 Å². The zero-order valence-corrected chi connectivity index (χ0v) is 21.1. The molecule has 2 aliphatic rings. The van der Waals surface area contributed by atoms with E-state index in [1.54, 1.807) is 4.90 Å². The van der Waals surface area contributed by atoms with Crippen molar-refractivity contribution in [3.05, 3.63) is 60.7 Å². The lowest BCUT2D eigenvalue weighted by atomic mass is 10.2. The number of amides is 1. The molecule has 0 bridgehead atoms. The zero-order valence-electron chi connectivity index (χ0n) is 21.1. The highest BCUT2D eigenvalue weighted by Gasteiger charge is 2.28. The number of piperazine rings is 2. The first-order valence-electron chi connectivity index (χ1n) is 13.0. The highest BCUT2D eigenvalue weighted by atomic mass is 16.6. The predicted molar refractivity (Wildman–Crippen MR) is 147 cm³/mol. The first-order valence-corrected chi connectivity index (χ1v) is 13.0. The molecule has 2 fully saturated rings. The van der Waals surface area contributed by atoms with E-state index >= 15 is 0 Å². The van der Waals surface area contributed by atoms with E-state index in [1.807, 2.05) is 43.3 Å². The molecule has 2 aromatic carbocycles. The fraction of sp³-hybridized carbons (Fsp3) is 0.357. The Hall–Kier alpha value is -4.14. The summed E-state index contributed by atoms with van der Waals surface area (Å²) in [5, 5.41) is 1.16. The molecule has 0 radical (unpaired) electrons. The Morgan fingerprint density at radius 2 is 1.22 bits per heavy atom. The molecule has 1 amide bonds. The molecule has 9 heteroatoms. The van der Waals surface area contributed by atoms with Crippen molar-refractivity contribution in [2.75, 3.05) is 73.7 Å². The number of carbonyl (C=O) groups excluding carboxylic acids is 1. The maximum Gasteiger partial charge on any atom is 0.409 e. The number of hydrogen-bond acceptors (Lipinski definition) is 8. The van der Waals surface area contributed by atoms with Gasteiger partial charge in [0.05, 0.1) is 23.2 Å². The van der Waals surface area contributed by atoms with Crippen molar-refractivity contribution in [3.63, 3.8) is 0 Å². The van der Waals surface area contributed by atoms with Crippen LogP contribution >= 0.6 is 0 Å². The van der Waals surface area contributed by atoms with Gasteiger partial charge in [-0.3, -0.25) is 0 Å². The zero-order chi connectivity index (χ0) is 25.2. The smallest absolute Gasteiger partial charge is 0.409 e. The fourth-order valence-corrected chi connectivity index (χ4v) is 5.10. The van der Waals surface area contributed by atoms with Crippen molar-refractivity contribution in [2.24, 2.45) is 0 Å². The van der Waals surface area contributed by atoms with Crippen LogP contribution in [0.3, 0.4) is 0 Å². The van der Waals surface area contributed by atoms with Gasteiger partial charge in [0, 0.05) is 57.7 Å². The molecule has 0 saturated carbocycles. The minimum absolute atomic E-state index is 0.245. The topological polar surface area (TPSA) is 77.9 Å². The summed E-state index contributed by atoms with van der Waals surface area (Å²) in [6, 6.07) is 20.5. The third kappa shape index (κ3) is 4.69. The molecule has 2 saturated heterocycles. The molecule has 9 nitrogen and oxygen atoms in total. The van der Waals surface area contributed by atoms with Crippen LogP contribution < -0.4 is 14.7 Å². The summed E-state index contributed by atoms with van der Waals surface area (Å²) in [4.78, 5) is 35.9. The Kier molecular flexibility index (Phi) is 6.34. The second kappa shape index (κ2) is 10.1. The van der Waals surface area contributed by atoms with Crippen LogP contribution in [-0.4, -0.2) is 84.9 Å². The number of para-hydroxylation sites is 3. The molecule has 2 aromatic heterocycles. The molecule has 0 N–H and O–H groups in total. The largest absolute Gasteiger partial charge is 0.450 e. The molecular formula is C28H31N7O2. The van der Waals surface area contributed by atoms with Gasteiger partial charge in [-0.15, -0.1) is 0 Å². The summed E-state index contributed by atoms with van der Waals surface area (Å²) in [5.74, 6) is 2.81. The fourth-order valence-electron chi connectivity index (χ4n) is 5.10. The lowest BCUT2D eigenvalue weighted by molar-refractivity contribution is 0.105. The van der Waals surface area contributed by atoms with E-state index in [9.17, 15) is 4.79 Å². The summed E-state index contributed by atoms with van der Waals surface area (Å²) in [5.41, 5.74) is 2.80. The standard InChI is InChI=1S/C28H31N7O2/c1-2-37-28(36)35-19-17-34(18-20-35)27-26(30-23-9-5-6-10-24(23)31-27)33-15-13-32(14-16-33)25-12-11-21-7-3-4-8-22(21)29-25/h3-12H,2,13-20H2,1H3. The van der Waals surface area contributed by atoms with Gasteiger partial charge >= 0.3 is 6.09 Å². The normalized spacial score (nSPS) is 16.5. The number of pyridine rings is 1. The molecule has 2 aliphatic heterocycles. The second-order valence-electron chi connectivity index (χ2n) is 9.37. The number of hydrogen-bond donors (Lipinski definition) is 0. The summed E-state index contributed by atoms with van der Waals surface area (Å²) < 4.78 is 5.19. The SMILES string of the molecule is CCOC(=O)N1CCN(c2nc3ccccc3nc2N2CCN(c3ccc4ccccc4n3)CC2)CC1. The second-order valence-corrected chi connectivity index (χ2v) is 9.37. The Bertz CT molecular complexity index is 1410. The molecule has 0 atom stereocenters. The third-order valence-electron chi connectivity index (χ3n) is 7.13. The van der Waals surface area contributed by atoms with E-state index < -0.39 is 0 Å². The van der Waals surface area contributed by atoms with Crippen LogP contribution in [0.4, 0.5) is 22.2 Å². The first kappa shape index (κ1) is 23.3. The van der Waals surface area contributed by atoms with Crippen LogP contribution in [0, 0.1) is 0 Å². The third-order valence-corrected chi connectivity index (χ3v) is 7.13. The number of fused-ring (bicyclic) bond motifs is 2. The highest BCUT2D eigenvalue weighted by Crippen LogP contribution is 2.30. The van der Waals surface area contributed by atoms with Crippen LogP contribution in [0.5, 0.6) is 0 Å². The number of rotatable bonds is 4. The van der Waals surface area contributed by atoms with Crippen molar-refractivity contribution in [3.8, 4) is 0 Å². The van der Waals surface area contributed by atoms with E-state index in [0.29, 0.717) is 32.8 Å². The molecule has 0 unspecified atom stereocenters. The number of aromatic nitrogens is 3. The van der Waals surface area contributed by atoms with Gasteiger partial charge in [-0.2, -0.15) is 0 Å². The average Bonchev–Trinajstić information content (AvgIpc) is 2.96. The molecule has 4 heterocycles. The summed E-state index contributed by atoms with van der Waals surface area (Å²) in [6.07, 6.45) is -0.245. The van der Waals surface area contributed by atoms with Crippen molar-refractivity contribution in [1.82, 2.24) is 19.9 Å². The quantitative estimate of drug-likeness (QED) is 0.422. The molecule has 4 aromatic rings. The van der Waals surface area contributed by atoms with Gasteiger partial charge in [-0.25, -0.2) is 19.7 Å². The van der Waals surface area contributed by atoms with Gasteiger partial charge in [0.2, 0.25) is 0 Å².